The Labute approximate surface area is 94.3 Å². The van der Waals surface area contributed by atoms with Gasteiger partial charge in [0.05, 0.1) is 17.4 Å². The zero-order chi connectivity index (χ0) is 11.4. The van der Waals surface area contributed by atoms with Crippen molar-refractivity contribution in [1.29, 1.82) is 0 Å². The first kappa shape index (κ1) is 10.7. The topological polar surface area (TPSA) is 46.9 Å². The van der Waals surface area contributed by atoms with Crippen molar-refractivity contribution in [2.45, 2.75) is 19.4 Å². The zero-order valence-corrected chi connectivity index (χ0v) is 9.31. The molecule has 0 saturated carbocycles. The summed E-state index contributed by atoms with van der Waals surface area (Å²) in [7, 11) is 1.66. The van der Waals surface area contributed by atoms with Gasteiger partial charge in [0.25, 0.3) is 0 Å². The van der Waals surface area contributed by atoms with E-state index in [1.165, 1.54) is 0 Å². The van der Waals surface area contributed by atoms with Gasteiger partial charge in [0.2, 0.25) is 5.91 Å². The molecule has 84 valence electrons. The minimum atomic E-state index is 0.0874. The number of aromatic nitrogens is 2. The SMILES string of the molecule is CNC(=O)CCCn1cnc2ccccc21. The van der Waals surface area contributed by atoms with Gasteiger partial charge < -0.3 is 9.88 Å². The molecule has 0 radical (unpaired) electrons. The first-order valence-corrected chi connectivity index (χ1v) is 5.41. The van der Waals surface area contributed by atoms with Crippen LogP contribution in [0.25, 0.3) is 11.0 Å². The van der Waals surface area contributed by atoms with Gasteiger partial charge in [0.15, 0.2) is 0 Å². The molecule has 0 bridgehead atoms. The molecule has 4 nitrogen and oxygen atoms in total. The molecular weight excluding hydrogens is 202 g/mol. The summed E-state index contributed by atoms with van der Waals surface area (Å²) < 4.78 is 2.08. The third-order valence-corrected chi connectivity index (χ3v) is 2.61. The number of hydrogen-bond acceptors (Lipinski definition) is 2. The molecule has 0 saturated heterocycles. The molecule has 1 aromatic heterocycles. The molecule has 1 N–H and O–H groups in total. The molecule has 0 spiro atoms. The van der Waals surface area contributed by atoms with Crippen LogP contribution < -0.4 is 5.32 Å². The van der Waals surface area contributed by atoms with E-state index in [-0.39, 0.29) is 5.91 Å². The molecule has 4 heteroatoms. The largest absolute Gasteiger partial charge is 0.359 e. The van der Waals surface area contributed by atoms with Gasteiger partial charge in [-0.15, -0.1) is 0 Å². The van der Waals surface area contributed by atoms with Gasteiger partial charge >= 0.3 is 0 Å². The van der Waals surface area contributed by atoms with Gasteiger partial charge in [-0.2, -0.15) is 0 Å². The average molecular weight is 217 g/mol. The second-order valence-corrected chi connectivity index (χ2v) is 3.70. The lowest BCUT2D eigenvalue weighted by atomic mass is 10.3. The van der Waals surface area contributed by atoms with Gasteiger partial charge in [-0.25, -0.2) is 4.98 Å². The number of nitrogens with zero attached hydrogens (tertiary/aromatic N) is 2. The van der Waals surface area contributed by atoms with E-state index in [2.05, 4.69) is 14.9 Å². The molecule has 0 fully saturated rings. The van der Waals surface area contributed by atoms with E-state index in [0.29, 0.717) is 6.42 Å². The number of fused-ring (bicyclic) bond motifs is 1. The number of imidazole rings is 1. The lowest BCUT2D eigenvalue weighted by Gasteiger charge is -2.03. The summed E-state index contributed by atoms with van der Waals surface area (Å²) >= 11 is 0. The van der Waals surface area contributed by atoms with E-state index >= 15 is 0 Å². The maximum atomic E-state index is 11.1. The summed E-state index contributed by atoms with van der Waals surface area (Å²) in [6.07, 6.45) is 3.22. The minimum absolute atomic E-state index is 0.0874. The maximum absolute atomic E-state index is 11.1. The summed E-state index contributed by atoms with van der Waals surface area (Å²) in [6.45, 7) is 0.827. The predicted octanol–water partition coefficient (Wildman–Crippen LogP) is 1.56. The summed E-state index contributed by atoms with van der Waals surface area (Å²) in [5, 5.41) is 2.62. The number of carbonyl (C=O) groups excluding carboxylic acids is 1. The van der Waals surface area contributed by atoms with Crippen molar-refractivity contribution in [3.05, 3.63) is 30.6 Å². The predicted molar refractivity (Wildman–Crippen MR) is 63.0 cm³/mol. The van der Waals surface area contributed by atoms with Gasteiger partial charge in [-0.3, -0.25) is 4.79 Å². The number of aryl methyl sites for hydroxylation is 1. The van der Waals surface area contributed by atoms with Crippen molar-refractivity contribution in [2.75, 3.05) is 7.05 Å². The van der Waals surface area contributed by atoms with E-state index in [1.807, 2.05) is 30.6 Å². The molecular formula is C12H15N3O. The maximum Gasteiger partial charge on any atom is 0.219 e. The summed E-state index contributed by atoms with van der Waals surface area (Å²) in [5.74, 6) is 0.0874. The van der Waals surface area contributed by atoms with Crippen LogP contribution in [-0.2, 0) is 11.3 Å². The van der Waals surface area contributed by atoms with Crippen molar-refractivity contribution in [2.24, 2.45) is 0 Å². The number of carbonyl (C=O) groups is 1. The quantitative estimate of drug-likeness (QED) is 0.844. The van der Waals surface area contributed by atoms with Gasteiger partial charge in [0.1, 0.15) is 0 Å². The Hall–Kier alpha value is -1.84. The second kappa shape index (κ2) is 4.79. The van der Waals surface area contributed by atoms with Crippen LogP contribution in [0.3, 0.4) is 0 Å². The van der Waals surface area contributed by atoms with E-state index in [4.69, 9.17) is 0 Å². The van der Waals surface area contributed by atoms with Crippen molar-refractivity contribution in [3.8, 4) is 0 Å². The number of hydrogen-bond donors (Lipinski definition) is 1. The number of nitrogens with one attached hydrogen (secondary N) is 1. The van der Waals surface area contributed by atoms with Crippen molar-refractivity contribution >= 4 is 16.9 Å². The monoisotopic (exact) mass is 217 g/mol. The highest BCUT2D eigenvalue weighted by Crippen LogP contribution is 2.12. The summed E-state index contributed by atoms with van der Waals surface area (Å²) in [5.41, 5.74) is 2.13. The molecule has 2 aromatic rings. The van der Waals surface area contributed by atoms with E-state index in [0.717, 1.165) is 24.0 Å². The molecule has 1 aromatic carbocycles. The Morgan fingerprint density at radius 1 is 1.44 bits per heavy atom. The van der Waals surface area contributed by atoms with Crippen LogP contribution in [0, 0.1) is 0 Å². The normalized spacial score (nSPS) is 10.6. The van der Waals surface area contributed by atoms with Crippen LogP contribution in [0.2, 0.25) is 0 Å². The van der Waals surface area contributed by atoms with Crippen molar-refractivity contribution in [3.63, 3.8) is 0 Å². The second-order valence-electron chi connectivity index (χ2n) is 3.70. The molecule has 0 atom stereocenters. The Balaban J connectivity index is 2.02. The third kappa shape index (κ3) is 2.21. The third-order valence-electron chi connectivity index (χ3n) is 2.61. The number of rotatable bonds is 4. The Bertz CT molecular complexity index is 490. The fraction of sp³-hybridized carbons (Fsp3) is 0.333. The molecule has 0 aliphatic carbocycles. The smallest absolute Gasteiger partial charge is 0.219 e. The number of amides is 1. The average Bonchev–Trinajstić information content (AvgIpc) is 2.73. The van der Waals surface area contributed by atoms with E-state index in [9.17, 15) is 4.79 Å². The lowest BCUT2D eigenvalue weighted by molar-refractivity contribution is -0.120. The highest BCUT2D eigenvalue weighted by molar-refractivity contribution is 5.76. The Morgan fingerprint density at radius 3 is 3.06 bits per heavy atom. The van der Waals surface area contributed by atoms with E-state index in [1.54, 1.807) is 7.05 Å². The molecule has 0 aliphatic rings. The highest BCUT2D eigenvalue weighted by Gasteiger charge is 2.02. The summed E-state index contributed by atoms with van der Waals surface area (Å²) in [6, 6.07) is 8.01. The first-order chi connectivity index (χ1) is 7.81. The van der Waals surface area contributed by atoms with E-state index < -0.39 is 0 Å². The minimum Gasteiger partial charge on any atom is -0.359 e. The Kier molecular flexibility index (Phi) is 3.19. The van der Waals surface area contributed by atoms with Gasteiger partial charge in [-0.1, -0.05) is 12.1 Å². The standard InChI is InChI=1S/C12H15N3O/c1-13-12(16)7-4-8-15-9-14-10-5-2-3-6-11(10)15/h2-3,5-6,9H,4,7-8H2,1H3,(H,13,16). The lowest BCUT2D eigenvalue weighted by Crippen LogP contribution is -2.17. The van der Waals surface area contributed by atoms with Crippen molar-refractivity contribution < 1.29 is 4.79 Å². The Morgan fingerprint density at radius 2 is 2.25 bits per heavy atom. The number of benzene rings is 1. The molecule has 2 rings (SSSR count). The zero-order valence-electron chi connectivity index (χ0n) is 9.31. The van der Waals surface area contributed by atoms with Gasteiger partial charge in [-0.05, 0) is 18.6 Å². The van der Waals surface area contributed by atoms with Crippen LogP contribution in [-0.4, -0.2) is 22.5 Å². The van der Waals surface area contributed by atoms with Crippen LogP contribution in [0.1, 0.15) is 12.8 Å². The van der Waals surface area contributed by atoms with Gasteiger partial charge in [0, 0.05) is 20.0 Å². The van der Waals surface area contributed by atoms with Crippen LogP contribution in [0.4, 0.5) is 0 Å². The molecule has 0 unspecified atom stereocenters. The molecule has 1 amide bonds. The van der Waals surface area contributed by atoms with Crippen LogP contribution in [0.5, 0.6) is 0 Å². The van der Waals surface area contributed by atoms with Crippen molar-refractivity contribution in [1.82, 2.24) is 14.9 Å². The number of para-hydroxylation sites is 2. The fourth-order valence-corrected chi connectivity index (χ4v) is 1.72. The van der Waals surface area contributed by atoms with Crippen LogP contribution in [0.15, 0.2) is 30.6 Å². The first-order valence-electron chi connectivity index (χ1n) is 5.41. The molecule has 16 heavy (non-hydrogen) atoms. The highest BCUT2D eigenvalue weighted by atomic mass is 16.1. The fourth-order valence-electron chi connectivity index (χ4n) is 1.72. The van der Waals surface area contributed by atoms with Crippen LogP contribution >= 0.6 is 0 Å². The summed E-state index contributed by atoms with van der Waals surface area (Å²) in [4.78, 5) is 15.4. The molecule has 0 aliphatic heterocycles. The molecule has 1 heterocycles.